The third-order valence-electron chi connectivity index (χ3n) is 5.36. The Morgan fingerprint density at radius 3 is 2.79 bits per heavy atom. The lowest BCUT2D eigenvalue weighted by Gasteiger charge is -2.25. The van der Waals surface area contributed by atoms with Gasteiger partial charge in [0.15, 0.2) is 0 Å². The van der Waals surface area contributed by atoms with Crippen LogP contribution in [0.4, 0.5) is 0 Å². The third kappa shape index (κ3) is 3.80. The van der Waals surface area contributed by atoms with Crippen molar-refractivity contribution in [3.8, 4) is 11.3 Å². The molecule has 1 saturated heterocycles. The predicted molar refractivity (Wildman–Crippen MR) is 107 cm³/mol. The lowest BCUT2D eigenvalue weighted by atomic mass is 10.2. The van der Waals surface area contributed by atoms with Crippen LogP contribution in [0.25, 0.3) is 11.3 Å². The van der Waals surface area contributed by atoms with E-state index in [2.05, 4.69) is 15.0 Å². The summed E-state index contributed by atoms with van der Waals surface area (Å²) in [5.74, 6) is 0. The van der Waals surface area contributed by atoms with Crippen molar-refractivity contribution in [2.24, 2.45) is 7.05 Å². The van der Waals surface area contributed by atoms with Crippen LogP contribution in [0.2, 0.25) is 0 Å². The van der Waals surface area contributed by atoms with E-state index < -0.39 is 0 Å². The van der Waals surface area contributed by atoms with Crippen LogP contribution in [-0.2, 0) is 20.1 Å². The number of hydrogen-bond donors (Lipinski definition) is 0. The molecule has 0 bridgehead atoms. The molecule has 0 saturated carbocycles. The molecule has 0 amide bonds. The van der Waals surface area contributed by atoms with Gasteiger partial charge in [-0.25, -0.2) is 4.68 Å². The van der Waals surface area contributed by atoms with E-state index >= 15 is 0 Å². The second-order valence-electron chi connectivity index (χ2n) is 7.16. The molecule has 7 nitrogen and oxygen atoms in total. The van der Waals surface area contributed by atoms with Crippen LogP contribution >= 0.6 is 0 Å². The Labute approximate surface area is 162 Å². The zero-order chi connectivity index (χ0) is 19.5. The fourth-order valence-electron chi connectivity index (χ4n) is 3.73. The molecule has 1 fully saturated rings. The highest BCUT2D eigenvalue weighted by Gasteiger charge is 2.26. The predicted octanol–water partition coefficient (Wildman–Crippen LogP) is 1.67. The molecule has 28 heavy (non-hydrogen) atoms. The summed E-state index contributed by atoms with van der Waals surface area (Å²) in [5.41, 5.74) is 2.49. The fraction of sp³-hybridized carbons (Fsp3) is 0.333. The number of aromatic nitrogens is 4. The molecule has 0 aliphatic carbocycles. The summed E-state index contributed by atoms with van der Waals surface area (Å²) in [7, 11) is 1.80. The zero-order valence-electron chi connectivity index (χ0n) is 15.9. The van der Waals surface area contributed by atoms with Gasteiger partial charge in [-0.15, -0.1) is 0 Å². The van der Waals surface area contributed by atoms with Gasteiger partial charge in [-0.1, -0.05) is 6.07 Å². The maximum absolute atomic E-state index is 12.4. The van der Waals surface area contributed by atoms with Crippen molar-refractivity contribution in [2.45, 2.75) is 32.0 Å². The summed E-state index contributed by atoms with van der Waals surface area (Å²) in [5, 5.41) is 4.56. The lowest BCUT2D eigenvalue weighted by molar-refractivity contribution is 0.212. The Bertz CT molecular complexity index is 1070. The Balaban J connectivity index is 1.55. The van der Waals surface area contributed by atoms with E-state index in [4.69, 9.17) is 0 Å². The van der Waals surface area contributed by atoms with Crippen molar-refractivity contribution >= 4 is 0 Å². The largest absolute Gasteiger partial charge is 0.314 e. The highest BCUT2D eigenvalue weighted by molar-refractivity contribution is 5.56. The molecule has 7 heteroatoms. The van der Waals surface area contributed by atoms with Crippen molar-refractivity contribution in [1.29, 1.82) is 0 Å². The number of pyridine rings is 2. The summed E-state index contributed by atoms with van der Waals surface area (Å²) in [6, 6.07) is 12.6. The molecule has 1 aliphatic heterocycles. The molecule has 4 rings (SSSR count). The highest BCUT2D eigenvalue weighted by atomic mass is 16.1. The first-order chi connectivity index (χ1) is 13.6. The molecule has 3 aromatic rings. The minimum Gasteiger partial charge on any atom is -0.314 e. The molecule has 4 heterocycles. The van der Waals surface area contributed by atoms with E-state index in [1.165, 1.54) is 0 Å². The first-order valence-electron chi connectivity index (χ1n) is 9.49. The Kier molecular flexibility index (Phi) is 5.16. The van der Waals surface area contributed by atoms with Crippen molar-refractivity contribution in [1.82, 2.24) is 24.2 Å². The second kappa shape index (κ2) is 7.90. The maximum Gasteiger partial charge on any atom is 0.266 e. The van der Waals surface area contributed by atoms with E-state index in [1.54, 1.807) is 53.0 Å². The van der Waals surface area contributed by atoms with Gasteiger partial charge in [-0.2, -0.15) is 5.10 Å². The summed E-state index contributed by atoms with van der Waals surface area (Å²) < 4.78 is 3.23. The summed E-state index contributed by atoms with van der Waals surface area (Å²) in [6.07, 6.45) is 5.54. The monoisotopic (exact) mass is 377 g/mol. The Morgan fingerprint density at radius 2 is 1.96 bits per heavy atom. The van der Waals surface area contributed by atoms with Crippen LogP contribution in [0.5, 0.6) is 0 Å². The third-order valence-corrected chi connectivity index (χ3v) is 5.36. The summed E-state index contributed by atoms with van der Waals surface area (Å²) in [4.78, 5) is 30.7. The summed E-state index contributed by atoms with van der Waals surface area (Å²) >= 11 is 0. The average molecular weight is 377 g/mol. The van der Waals surface area contributed by atoms with Crippen LogP contribution in [0.3, 0.4) is 0 Å². The van der Waals surface area contributed by atoms with E-state index in [-0.39, 0.29) is 17.2 Å². The number of nitrogens with zero attached hydrogens (tertiary/aromatic N) is 5. The van der Waals surface area contributed by atoms with E-state index in [0.29, 0.717) is 13.1 Å². The van der Waals surface area contributed by atoms with Gasteiger partial charge in [0.05, 0.1) is 12.2 Å². The summed E-state index contributed by atoms with van der Waals surface area (Å²) in [6.45, 7) is 2.17. The van der Waals surface area contributed by atoms with Gasteiger partial charge in [0.2, 0.25) is 5.56 Å². The molecule has 0 aromatic carbocycles. The quantitative estimate of drug-likeness (QED) is 0.676. The van der Waals surface area contributed by atoms with Crippen LogP contribution in [0.15, 0.2) is 64.4 Å². The van der Waals surface area contributed by atoms with Crippen molar-refractivity contribution in [2.75, 3.05) is 6.54 Å². The zero-order valence-corrected chi connectivity index (χ0v) is 15.9. The van der Waals surface area contributed by atoms with Gasteiger partial charge in [-0.05, 0) is 43.7 Å². The number of likely N-dealkylation sites (tertiary alicyclic amines) is 1. The van der Waals surface area contributed by atoms with Gasteiger partial charge in [0.1, 0.15) is 0 Å². The standard InChI is InChI=1S/C21H23N5O2/c1-24-17(6-2-8-20(24)27)14-25-12-4-7-18(25)15-26-21(28)10-9-19(23-26)16-5-3-11-22-13-16/h2-3,5-6,8-11,13,18H,4,7,12,14-15H2,1H3. The molecule has 1 atom stereocenters. The first kappa shape index (κ1) is 18.3. The fourth-order valence-corrected chi connectivity index (χ4v) is 3.73. The smallest absolute Gasteiger partial charge is 0.266 e. The first-order valence-corrected chi connectivity index (χ1v) is 9.49. The van der Waals surface area contributed by atoms with Gasteiger partial charge in [-0.3, -0.25) is 19.5 Å². The van der Waals surface area contributed by atoms with Crippen LogP contribution in [0.1, 0.15) is 18.5 Å². The van der Waals surface area contributed by atoms with Crippen molar-refractivity contribution in [3.63, 3.8) is 0 Å². The van der Waals surface area contributed by atoms with Gasteiger partial charge in [0, 0.05) is 55.4 Å². The van der Waals surface area contributed by atoms with Gasteiger partial charge >= 0.3 is 0 Å². The normalized spacial score (nSPS) is 17.1. The molecule has 1 unspecified atom stereocenters. The highest BCUT2D eigenvalue weighted by Crippen LogP contribution is 2.21. The average Bonchev–Trinajstić information content (AvgIpc) is 3.14. The van der Waals surface area contributed by atoms with Crippen LogP contribution in [-0.4, -0.2) is 36.8 Å². The number of hydrogen-bond acceptors (Lipinski definition) is 5. The van der Waals surface area contributed by atoms with Crippen molar-refractivity contribution < 1.29 is 0 Å². The molecule has 0 spiro atoms. The SMILES string of the molecule is Cn1c(CN2CCCC2Cn2nc(-c3cccnc3)ccc2=O)cccc1=O. The molecule has 0 N–H and O–H groups in total. The maximum atomic E-state index is 12.4. The Morgan fingerprint density at radius 1 is 1.07 bits per heavy atom. The second-order valence-corrected chi connectivity index (χ2v) is 7.16. The topological polar surface area (TPSA) is 73.0 Å². The molecule has 144 valence electrons. The minimum atomic E-state index is -0.105. The van der Waals surface area contributed by atoms with Crippen molar-refractivity contribution in [3.05, 3.63) is 81.3 Å². The van der Waals surface area contributed by atoms with Gasteiger partial charge in [0.25, 0.3) is 5.56 Å². The molecular formula is C21H23N5O2. The van der Waals surface area contributed by atoms with E-state index in [1.807, 2.05) is 18.2 Å². The van der Waals surface area contributed by atoms with Crippen LogP contribution < -0.4 is 11.1 Å². The minimum absolute atomic E-state index is 0.00435. The Hall–Kier alpha value is -3.06. The molecular weight excluding hydrogens is 354 g/mol. The molecule has 1 aliphatic rings. The number of rotatable bonds is 5. The van der Waals surface area contributed by atoms with E-state index in [9.17, 15) is 9.59 Å². The molecule has 0 radical (unpaired) electrons. The van der Waals surface area contributed by atoms with Gasteiger partial charge < -0.3 is 4.57 Å². The molecule has 3 aromatic heterocycles. The van der Waals surface area contributed by atoms with Crippen LogP contribution in [0, 0.1) is 0 Å². The lowest BCUT2D eigenvalue weighted by Crippen LogP contribution is -2.37. The van der Waals surface area contributed by atoms with E-state index in [0.717, 1.165) is 36.3 Å².